The van der Waals surface area contributed by atoms with E-state index in [0.29, 0.717) is 30.4 Å². The fourth-order valence-electron chi connectivity index (χ4n) is 4.13. The molecule has 4 rings (SSSR count). The lowest BCUT2D eigenvalue weighted by molar-refractivity contribution is -0.137. The average Bonchev–Trinajstić information content (AvgIpc) is 2.83. The Labute approximate surface area is 197 Å². The third-order valence-corrected chi connectivity index (χ3v) is 6.10. The molecule has 4 aromatic rings. The lowest BCUT2D eigenvalue weighted by Gasteiger charge is -2.10. The number of halogens is 4. The van der Waals surface area contributed by atoms with Crippen molar-refractivity contribution < 1.29 is 22.3 Å². The Bertz CT molecular complexity index is 1240. The number of aryl methyl sites for hydroxylation is 4. The molecule has 0 saturated carbocycles. The van der Waals surface area contributed by atoms with Gasteiger partial charge in [0.05, 0.1) is 12.2 Å². The van der Waals surface area contributed by atoms with Gasteiger partial charge in [0, 0.05) is 12.5 Å². The molecule has 4 aromatic carbocycles. The molecule has 0 saturated heterocycles. The zero-order valence-electron chi connectivity index (χ0n) is 19.0. The van der Waals surface area contributed by atoms with Crippen molar-refractivity contribution >= 4 is 10.8 Å². The number of methoxy groups -OCH3 is 1. The molecule has 34 heavy (non-hydrogen) atoms. The lowest BCUT2D eigenvalue weighted by atomic mass is 9.97. The van der Waals surface area contributed by atoms with Gasteiger partial charge >= 0.3 is 6.18 Å². The number of benzene rings is 4. The fourth-order valence-corrected chi connectivity index (χ4v) is 4.13. The van der Waals surface area contributed by atoms with Crippen LogP contribution < -0.4 is 0 Å². The Morgan fingerprint density at radius 1 is 0.647 bits per heavy atom. The normalized spacial score (nSPS) is 11.8. The molecule has 0 heterocycles. The summed E-state index contributed by atoms with van der Waals surface area (Å²) < 4.78 is 58.4. The first kappa shape index (κ1) is 24.0. The molecule has 0 aromatic heterocycles. The van der Waals surface area contributed by atoms with Crippen LogP contribution in [0.25, 0.3) is 10.8 Å². The number of rotatable bonds is 8. The molecule has 0 aliphatic heterocycles. The standard InChI is InChI=1S/C29H26F4O/c1-34-19-23-6-3-20(4-7-23)2-5-22-11-17-27-25(18-22)14-13-24(28(27)30)12-8-21-9-15-26(16-10-21)29(31,32)33/h3-4,6-7,9-11,13-18H,2,5,8,12,19H2,1H3. The molecule has 0 aliphatic carbocycles. The number of hydrogen-bond donors (Lipinski definition) is 0. The third kappa shape index (κ3) is 5.84. The van der Waals surface area contributed by atoms with Gasteiger partial charge in [-0.15, -0.1) is 0 Å². The van der Waals surface area contributed by atoms with Gasteiger partial charge in [-0.25, -0.2) is 4.39 Å². The van der Waals surface area contributed by atoms with Crippen molar-refractivity contribution in [3.8, 4) is 0 Å². The zero-order chi connectivity index (χ0) is 24.1. The molecule has 0 N–H and O–H groups in total. The Kier molecular flexibility index (Phi) is 7.32. The van der Waals surface area contributed by atoms with E-state index in [1.807, 2.05) is 24.3 Å². The van der Waals surface area contributed by atoms with Crippen LogP contribution in [0.2, 0.25) is 0 Å². The van der Waals surface area contributed by atoms with Gasteiger partial charge in [0.2, 0.25) is 0 Å². The first-order valence-corrected chi connectivity index (χ1v) is 11.3. The molecule has 176 valence electrons. The molecule has 0 aliphatic rings. The van der Waals surface area contributed by atoms with E-state index in [2.05, 4.69) is 24.3 Å². The minimum absolute atomic E-state index is 0.260. The zero-order valence-corrected chi connectivity index (χ0v) is 19.0. The number of alkyl halides is 3. The second-order valence-electron chi connectivity index (χ2n) is 8.54. The van der Waals surface area contributed by atoms with Crippen LogP contribution >= 0.6 is 0 Å². The molecule has 0 unspecified atom stereocenters. The molecule has 0 bridgehead atoms. The van der Waals surface area contributed by atoms with E-state index in [0.717, 1.165) is 47.1 Å². The summed E-state index contributed by atoms with van der Waals surface area (Å²) in [4.78, 5) is 0. The summed E-state index contributed by atoms with van der Waals surface area (Å²) in [5.74, 6) is -0.260. The number of fused-ring (bicyclic) bond motifs is 1. The van der Waals surface area contributed by atoms with E-state index in [1.54, 1.807) is 13.2 Å². The van der Waals surface area contributed by atoms with Gasteiger partial charge in [-0.05, 0) is 71.0 Å². The van der Waals surface area contributed by atoms with Gasteiger partial charge in [-0.1, -0.05) is 66.7 Å². The molecule has 0 fully saturated rings. The van der Waals surface area contributed by atoms with Crippen LogP contribution in [0, 0.1) is 5.82 Å². The van der Waals surface area contributed by atoms with Crippen LogP contribution in [-0.2, 0) is 43.2 Å². The van der Waals surface area contributed by atoms with Crippen LogP contribution in [0.4, 0.5) is 17.6 Å². The van der Waals surface area contributed by atoms with Crippen LogP contribution in [0.5, 0.6) is 0 Å². The Morgan fingerprint density at radius 3 is 1.85 bits per heavy atom. The first-order valence-electron chi connectivity index (χ1n) is 11.3. The van der Waals surface area contributed by atoms with E-state index >= 15 is 4.39 Å². The second-order valence-corrected chi connectivity index (χ2v) is 8.54. The van der Waals surface area contributed by atoms with E-state index in [4.69, 9.17) is 4.74 Å². The third-order valence-electron chi connectivity index (χ3n) is 6.10. The Balaban J connectivity index is 1.41. The first-order chi connectivity index (χ1) is 16.3. The smallest absolute Gasteiger partial charge is 0.380 e. The largest absolute Gasteiger partial charge is 0.416 e. The predicted octanol–water partition coefficient (Wildman–Crippen LogP) is 7.71. The topological polar surface area (TPSA) is 9.23 Å². The molecule has 1 nitrogen and oxygen atoms in total. The quantitative estimate of drug-likeness (QED) is 0.242. The van der Waals surface area contributed by atoms with E-state index < -0.39 is 11.7 Å². The van der Waals surface area contributed by atoms with Crippen LogP contribution in [0.3, 0.4) is 0 Å². The van der Waals surface area contributed by atoms with Crippen molar-refractivity contribution in [1.82, 2.24) is 0 Å². The summed E-state index contributed by atoms with van der Waals surface area (Å²) in [6, 6.07) is 22.9. The summed E-state index contributed by atoms with van der Waals surface area (Å²) in [6.45, 7) is 0.600. The molecule has 5 heteroatoms. The van der Waals surface area contributed by atoms with Crippen LogP contribution in [0.15, 0.2) is 78.9 Å². The van der Waals surface area contributed by atoms with Crippen molar-refractivity contribution in [2.75, 3.05) is 7.11 Å². The number of hydrogen-bond acceptors (Lipinski definition) is 1. The average molecular weight is 467 g/mol. The molecule has 0 atom stereocenters. The highest BCUT2D eigenvalue weighted by Gasteiger charge is 2.29. The van der Waals surface area contributed by atoms with Crippen molar-refractivity contribution in [1.29, 1.82) is 0 Å². The summed E-state index contributed by atoms with van der Waals surface area (Å²) in [5, 5.41) is 1.42. The Hall–Kier alpha value is -3.18. The van der Waals surface area contributed by atoms with Crippen molar-refractivity contribution in [3.63, 3.8) is 0 Å². The van der Waals surface area contributed by atoms with Crippen LogP contribution in [0.1, 0.15) is 33.4 Å². The molecular formula is C29H26F4O. The van der Waals surface area contributed by atoms with Crippen LogP contribution in [-0.4, -0.2) is 7.11 Å². The van der Waals surface area contributed by atoms with Gasteiger partial charge in [-0.2, -0.15) is 13.2 Å². The monoisotopic (exact) mass is 466 g/mol. The highest BCUT2D eigenvalue weighted by molar-refractivity contribution is 5.84. The van der Waals surface area contributed by atoms with Gasteiger partial charge in [-0.3, -0.25) is 0 Å². The van der Waals surface area contributed by atoms with Gasteiger partial charge in [0.1, 0.15) is 5.82 Å². The molecular weight excluding hydrogens is 440 g/mol. The Morgan fingerprint density at radius 2 is 1.21 bits per heavy atom. The van der Waals surface area contributed by atoms with Crippen molar-refractivity contribution in [3.05, 3.63) is 118 Å². The minimum atomic E-state index is -4.35. The van der Waals surface area contributed by atoms with Crippen molar-refractivity contribution in [2.45, 2.75) is 38.5 Å². The summed E-state index contributed by atoms with van der Waals surface area (Å²) in [6.07, 6.45) is -1.70. The van der Waals surface area contributed by atoms with E-state index in [1.165, 1.54) is 17.7 Å². The van der Waals surface area contributed by atoms with E-state index in [9.17, 15) is 13.2 Å². The van der Waals surface area contributed by atoms with Gasteiger partial charge in [0.25, 0.3) is 0 Å². The highest BCUT2D eigenvalue weighted by Crippen LogP contribution is 2.29. The van der Waals surface area contributed by atoms with Crippen molar-refractivity contribution in [2.24, 2.45) is 0 Å². The molecule has 0 amide bonds. The maximum Gasteiger partial charge on any atom is 0.416 e. The molecule has 0 radical (unpaired) electrons. The SMILES string of the molecule is COCc1ccc(CCc2ccc3c(F)c(CCc4ccc(C(F)(F)F)cc4)ccc3c2)cc1. The number of ether oxygens (including phenoxy) is 1. The summed E-state index contributed by atoms with van der Waals surface area (Å²) in [5.41, 5.74) is 4.16. The maximum atomic E-state index is 15.1. The lowest BCUT2D eigenvalue weighted by Crippen LogP contribution is -2.04. The minimum Gasteiger partial charge on any atom is -0.380 e. The summed E-state index contributed by atoms with van der Waals surface area (Å²) in [7, 11) is 1.68. The fraction of sp³-hybridized carbons (Fsp3) is 0.241. The summed E-state index contributed by atoms with van der Waals surface area (Å²) >= 11 is 0. The van der Waals surface area contributed by atoms with Gasteiger partial charge in [0.15, 0.2) is 0 Å². The van der Waals surface area contributed by atoms with Gasteiger partial charge < -0.3 is 4.74 Å². The maximum absolute atomic E-state index is 15.1. The highest BCUT2D eigenvalue weighted by atomic mass is 19.4. The predicted molar refractivity (Wildman–Crippen MR) is 127 cm³/mol. The second kappa shape index (κ2) is 10.4. The van der Waals surface area contributed by atoms with E-state index in [-0.39, 0.29) is 5.82 Å². The molecule has 0 spiro atoms.